The quantitative estimate of drug-likeness (QED) is 0.704. The summed E-state index contributed by atoms with van der Waals surface area (Å²) in [5, 5.41) is 15.8. The minimum absolute atomic E-state index is 0.0225. The average Bonchev–Trinajstić information content (AvgIpc) is 2.75. The summed E-state index contributed by atoms with van der Waals surface area (Å²) >= 11 is 0. The summed E-state index contributed by atoms with van der Waals surface area (Å²) in [4.78, 5) is 13.6. The summed E-state index contributed by atoms with van der Waals surface area (Å²) < 4.78 is 4.39. The van der Waals surface area contributed by atoms with E-state index in [1.165, 1.54) is 0 Å². The van der Waals surface area contributed by atoms with Crippen molar-refractivity contribution in [3.05, 3.63) is 5.69 Å². The number of carbonyl (C=O) groups excluding carboxylic acids is 1. The third-order valence-electron chi connectivity index (χ3n) is 2.88. The van der Waals surface area contributed by atoms with Crippen molar-refractivity contribution in [2.24, 2.45) is 5.92 Å². The van der Waals surface area contributed by atoms with Crippen molar-refractivity contribution in [2.45, 2.75) is 12.8 Å². The molecule has 1 aromatic heterocycles. The smallest absolute Gasteiger partial charge is 0.280 e. The van der Waals surface area contributed by atoms with Gasteiger partial charge in [-0.2, -0.15) is 0 Å². The first-order valence-electron chi connectivity index (χ1n) is 5.20. The van der Waals surface area contributed by atoms with Gasteiger partial charge in [-0.3, -0.25) is 4.79 Å². The lowest BCUT2D eigenvalue weighted by atomic mass is 9.98. The maximum absolute atomic E-state index is 11.9. The molecule has 0 bridgehead atoms. The first kappa shape index (κ1) is 10.9. The maximum Gasteiger partial charge on any atom is 0.280 e. The van der Waals surface area contributed by atoms with Crippen LogP contribution >= 0.6 is 0 Å². The molecule has 88 valence electrons. The fourth-order valence-corrected chi connectivity index (χ4v) is 1.81. The number of anilines is 1. The van der Waals surface area contributed by atoms with Crippen LogP contribution in [0, 0.1) is 5.92 Å². The molecule has 1 amide bonds. The molecule has 1 fully saturated rings. The summed E-state index contributed by atoms with van der Waals surface area (Å²) in [5.41, 5.74) is 5.52. The first-order chi connectivity index (χ1) is 7.72. The minimum atomic E-state index is -0.255. The molecule has 3 N–H and O–H groups in total. The zero-order chi connectivity index (χ0) is 11.5. The fourth-order valence-electron chi connectivity index (χ4n) is 1.81. The Balaban J connectivity index is 2.00. The number of aliphatic hydroxyl groups is 1. The lowest BCUT2D eigenvalue weighted by Gasteiger charge is -2.30. The molecular formula is C9H14N4O3. The molecule has 1 saturated heterocycles. The fraction of sp³-hybridized carbons (Fsp3) is 0.667. The van der Waals surface area contributed by atoms with E-state index < -0.39 is 0 Å². The van der Waals surface area contributed by atoms with Crippen LogP contribution in [0.4, 0.5) is 5.82 Å². The van der Waals surface area contributed by atoms with Gasteiger partial charge in [0.05, 0.1) is 0 Å². The molecule has 0 aliphatic carbocycles. The monoisotopic (exact) mass is 226 g/mol. The molecule has 0 saturated carbocycles. The Bertz CT molecular complexity index is 371. The minimum Gasteiger partial charge on any atom is -0.396 e. The Morgan fingerprint density at radius 2 is 2.19 bits per heavy atom. The summed E-state index contributed by atoms with van der Waals surface area (Å²) in [6.07, 6.45) is 1.60. The van der Waals surface area contributed by atoms with Gasteiger partial charge in [-0.15, -0.1) is 0 Å². The van der Waals surface area contributed by atoms with Crippen molar-refractivity contribution in [1.29, 1.82) is 0 Å². The summed E-state index contributed by atoms with van der Waals surface area (Å²) in [6, 6.07) is 0. The second-order valence-corrected chi connectivity index (χ2v) is 3.92. The van der Waals surface area contributed by atoms with Gasteiger partial charge in [0, 0.05) is 19.7 Å². The topological polar surface area (TPSA) is 105 Å². The van der Waals surface area contributed by atoms with Crippen LogP contribution in [0.5, 0.6) is 0 Å². The predicted octanol–water partition coefficient (Wildman–Crippen LogP) is -0.504. The van der Waals surface area contributed by atoms with E-state index in [0.717, 1.165) is 12.8 Å². The molecule has 0 unspecified atom stereocenters. The van der Waals surface area contributed by atoms with Crippen LogP contribution in [-0.2, 0) is 0 Å². The van der Waals surface area contributed by atoms with Gasteiger partial charge in [-0.25, -0.2) is 4.63 Å². The van der Waals surface area contributed by atoms with Crippen LogP contribution in [0.15, 0.2) is 4.63 Å². The molecule has 2 heterocycles. The molecule has 16 heavy (non-hydrogen) atoms. The highest BCUT2D eigenvalue weighted by Crippen LogP contribution is 2.19. The highest BCUT2D eigenvalue weighted by Gasteiger charge is 2.26. The first-order valence-corrected chi connectivity index (χ1v) is 5.20. The largest absolute Gasteiger partial charge is 0.396 e. The zero-order valence-electron chi connectivity index (χ0n) is 8.80. The van der Waals surface area contributed by atoms with Gasteiger partial charge in [0.1, 0.15) is 0 Å². The number of rotatable bonds is 2. The predicted molar refractivity (Wildman–Crippen MR) is 54.4 cm³/mol. The number of hydrogen-bond donors (Lipinski definition) is 2. The van der Waals surface area contributed by atoms with E-state index in [-0.39, 0.29) is 29.9 Å². The van der Waals surface area contributed by atoms with Gasteiger partial charge < -0.3 is 15.7 Å². The van der Waals surface area contributed by atoms with Gasteiger partial charge in [0.25, 0.3) is 5.91 Å². The van der Waals surface area contributed by atoms with Crippen molar-refractivity contribution in [3.63, 3.8) is 0 Å². The van der Waals surface area contributed by atoms with E-state index in [1.807, 2.05) is 0 Å². The number of amides is 1. The van der Waals surface area contributed by atoms with Crippen molar-refractivity contribution in [2.75, 3.05) is 25.4 Å². The second-order valence-electron chi connectivity index (χ2n) is 3.92. The van der Waals surface area contributed by atoms with Crippen LogP contribution in [-0.4, -0.2) is 45.9 Å². The van der Waals surface area contributed by atoms with Crippen molar-refractivity contribution >= 4 is 11.7 Å². The SMILES string of the molecule is Nc1nonc1C(=O)N1CCC(CO)CC1. The molecule has 0 atom stereocenters. The van der Waals surface area contributed by atoms with E-state index in [0.29, 0.717) is 13.1 Å². The number of aliphatic hydroxyl groups excluding tert-OH is 1. The lowest BCUT2D eigenvalue weighted by Crippen LogP contribution is -2.39. The molecule has 1 aliphatic rings. The Morgan fingerprint density at radius 3 is 2.69 bits per heavy atom. The third kappa shape index (κ3) is 1.99. The molecule has 7 heteroatoms. The highest BCUT2D eigenvalue weighted by atomic mass is 16.6. The average molecular weight is 226 g/mol. The van der Waals surface area contributed by atoms with Gasteiger partial charge in [-0.05, 0) is 29.1 Å². The number of carbonyl (C=O) groups is 1. The Labute approximate surface area is 92.2 Å². The van der Waals surface area contributed by atoms with E-state index in [9.17, 15) is 4.79 Å². The molecule has 0 spiro atoms. The van der Waals surface area contributed by atoms with Gasteiger partial charge in [0.15, 0.2) is 0 Å². The number of likely N-dealkylation sites (tertiary alicyclic amines) is 1. The molecular weight excluding hydrogens is 212 g/mol. The maximum atomic E-state index is 11.9. The molecule has 0 aromatic carbocycles. The molecule has 7 nitrogen and oxygen atoms in total. The number of aromatic nitrogens is 2. The Hall–Kier alpha value is -1.63. The van der Waals surface area contributed by atoms with E-state index in [1.54, 1.807) is 4.90 Å². The van der Waals surface area contributed by atoms with Gasteiger partial charge in [0.2, 0.25) is 11.5 Å². The number of piperidine rings is 1. The van der Waals surface area contributed by atoms with E-state index >= 15 is 0 Å². The highest BCUT2D eigenvalue weighted by molar-refractivity contribution is 5.96. The van der Waals surface area contributed by atoms with Crippen LogP contribution in [0.1, 0.15) is 23.3 Å². The van der Waals surface area contributed by atoms with Crippen molar-refractivity contribution < 1.29 is 14.5 Å². The van der Waals surface area contributed by atoms with Crippen LogP contribution in [0.25, 0.3) is 0 Å². The van der Waals surface area contributed by atoms with Gasteiger partial charge >= 0.3 is 0 Å². The van der Waals surface area contributed by atoms with Crippen LogP contribution < -0.4 is 5.73 Å². The van der Waals surface area contributed by atoms with Crippen LogP contribution in [0.3, 0.4) is 0 Å². The van der Waals surface area contributed by atoms with E-state index in [2.05, 4.69) is 14.9 Å². The lowest BCUT2D eigenvalue weighted by molar-refractivity contribution is 0.0641. The normalized spacial score (nSPS) is 17.7. The molecule has 2 rings (SSSR count). The number of nitrogens with zero attached hydrogens (tertiary/aromatic N) is 3. The van der Waals surface area contributed by atoms with Gasteiger partial charge in [-0.1, -0.05) is 0 Å². The molecule has 1 aliphatic heterocycles. The standard InChI is InChI=1S/C9H14N4O3/c10-8-7(11-16-12-8)9(15)13-3-1-6(5-14)2-4-13/h6,14H,1-5H2,(H2,10,12). The van der Waals surface area contributed by atoms with Crippen molar-refractivity contribution in [1.82, 2.24) is 15.2 Å². The summed E-state index contributed by atoms with van der Waals surface area (Å²) in [5.74, 6) is 0.0567. The Morgan fingerprint density at radius 1 is 1.50 bits per heavy atom. The number of nitrogen functional groups attached to an aromatic ring is 1. The third-order valence-corrected chi connectivity index (χ3v) is 2.88. The number of nitrogens with two attached hydrogens (primary N) is 1. The van der Waals surface area contributed by atoms with E-state index in [4.69, 9.17) is 10.8 Å². The summed E-state index contributed by atoms with van der Waals surface area (Å²) in [7, 11) is 0. The Kier molecular flexibility index (Phi) is 3.04. The second kappa shape index (κ2) is 4.48. The van der Waals surface area contributed by atoms with Crippen molar-refractivity contribution in [3.8, 4) is 0 Å². The zero-order valence-corrected chi connectivity index (χ0v) is 8.80. The van der Waals surface area contributed by atoms with Crippen LogP contribution in [0.2, 0.25) is 0 Å². The number of hydrogen-bond acceptors (Lipinski definition) is 6. The summed E-state index contributed by atoms with van der Waals surface area (Å²) in [6.45, 7) is 1.39. The molecule has 0 radical (unpaired) electrons. The molecule has 1 aromatic rings.